The Balaban J connectivity index is 1.76. The van der Waals surface area contributed by atoms with Crippen molar-refractivity contribution in [3.05, 3.63) is 10.6 Å². The summed E-state index contributed by atoms with van der Waals surface area (Å²) in [5.74, 6) is -1.26. The molecule has 3 aliphatic rings. The zero-order valence-corrected chi connectivity index (χ0v) is 18.8. The summed E-state index contributed by atoms with van der Waals surface area (Å²) in [7, 11) is 0. The monoisotopic (exact) mass is 456 g/mol. The van der Waals surface area contributed by atoms with E-state index in [1.165, 1.54) is 28.4 Å². The molecule has 0 saturated carbocycles. The van der Waals surface area contributed by atoms with Crippen LogP contribution in [0.4, 0.5) is 0 Å². The first-order chi connectivity index (χ1) is 14.0. The molecular formula is C19H28N4O5S2. The number of hydrogen-bond acceptors (Lipinski definition) is 7. The van der Waals surface area contributed by atoms with E-state index in [0.717, 1.165) is 6.42 Å². The number of carbonyl (C=O) groups is 3. The molecule has 3 heterocycles. The quantitative estimate of drug-likeness (QED) is 0.235. The summed E-state index contributed by atoms with van der Waals surface area (Å²) in [4.78, 5) is 39.4. The first-order valence-corrected chi connectivity index (χ1v) is 11.9. The van der Waals surface area contributed by atoms with E-state index in [4.69, 9.17) is 11.1 Å². The third-order valence-corrected chi connectivity index (χ3v) is 8.57. The zero-order chi connectivity index (χ0) is 22.3. The second kappa shape index (κ2) is 8.80. The van der Waals surface area contributed by atoms with Crippen LogP contribution in [0.2, 0.25) is 0 Å². The summed E-state index contributed by atoms with van der Waals surface area (Å²) in [6.45, 7) is 5.79. The van der Waals surface area contributed by atoms with E-state index in [-0.39, 0.29) is 46.5 Å². The van der Waals surface area contributed by atoms with Crippen LogP contribution in [0.25, 0.3) is 0 Å². The van der Waals surface area contributed by atoms with Crippen molar-refractivity contribution >= 4 is 47.1 Å². The van der Waals surface area contributed by atoms with Crippen LogP contribution in [0.15, 0.2) is 10.6 Å². The number of amides is 2. The maximum absolute atomic E-state index is 12.5. The van der Waals surface area contributed by atoms with Crippen LogP contribution in [0.5, 0.6) is 0 Å². The van der Waals surface area contributed by atoms with Gasteiger partial charge in [0.05, 0.1) is 29.7 Å². The molecule has 166 valence electrons. The Labute approximate surface area is 183 Å². The lowest BCUT2D eigenvalue weighted by atomic mass is 9.79. The van der Waals surface area contributed by atoms with E-state index < -0.39 is 18.0 Å². The van der Waals surface area contributed by atoms with Crippen molar-refractivity contribution in [3.8, 4) is 0 Å². The van der Waals surface area contributed by atoms with Gasteiger partial charge < -0.3 is 25.7 Å². The number of nitrogens with zero attached hydrogens (tertiary/aromatic N) is 2. The van der Waals surface area contributed by atoms with Crippen molar-refractivity contribution < 1.29 is 24.6 Å². The van der Waals surface area contributed by atoms with Gasteiger partial charge in [0.15, 0.2) is 0 Å². The molecule has 2 amide bonds. The number of carboxylic acid groups (broad SMARTS) is 1. The summed E-state index contributed by atoms with van der Waals surface area (Å²) < 4.78 is 0. The average molecular weight is 457 g/mol. The molecule has 6 atom stereocenters. The maximum Gasteiger partial charge on any atom is 0.353 e. The van der Waals surface area contributed by atoms with Crippen LogP contribution in [-0.4, -0.2) is 85.1 Å². The van der Waals surface area contributed by atoms with Crippen LogP contribution in [0, 0.1) is 17.2 Å². The molecule has 2 saturated heterocycles. The molecule has 0 aliphatic carbocycles. The summed E-state index contributed by atoms with van der Waals surface area (Å²) >= 11 is 2.91. The molecule has 3 rings (SSSR count). The molecule has 30 heavy (non-hydrogen) atoms. The van der Waals surface area contributed by atoms with Crippen LogP contribution < -0.4 is 5.73 Å². The van der Waals surface area contributed by atoms with Crippen LogP contribution >= 0.6 is 23.5 Å². The standard InChI is InChI=1S/C19H28N4O5S2/c1-8-15-14(9(2)24)18(26)23(15)16(19(27)28)17(8)30-12-4-11(6-29-7-13(21)25)22(5-12)10(3)20/h8-9,11-12,14-15,20,24H,4-7H2,1-3H3,(H2,21,25)(H,27,28)/t8-,9-,11+,12+,14-,15?/m1/s1. The highest BCUT2D eigenvalue weighted by atomic mass is 32.2. The molecule has 2 fully saturated rings. The van der Waals surface area contributed by atoms with Gasteiger partial charge in [-0.2, -0.15) is 0 Å². The minimum atomic E-state index is -1.13. The Morgan fingerprint density at radius 2 is 2.07 bits per heavy atom. The molecule has 0 aromatic heterocycles. The molecule has 0 aromatic carbocycles. The molecule has 0 bridgehead atoms. The van der Waals surface area contributed by atoms with Gasteiger partial charge in [0.1, 0.15) is 5.70 Å². The fourth-order valence-corrected chi connectivity index (χ4v) is 7.15. The number of aliphatic carboxylic acids is 1. The molecule has 0 aromatic rings. The summed E-state index contributed by atoms with van der Waals surface area (Å²) in [6.07, 6.45) is -0.0800. The van der Waals surface area contributed by atoms with Crippen LogP contribution in [-0.2, 0) is 14.4 Å². The average Bonchev–Trinajstić information content (AvgIpc) is 3.13. The molecule has 5 N–H and O–H groups in total. The van der Waals surface area contributed by atoms with Crippen molar-refractivity contribution in [3.63, 3.8) is 0 Å². The number of hydrogen-bond donors (Lipinski definition) is 4. The number of nitrogens with one attached hydrogen (secondary N) is 1. The smallest absolute Gasteiger partial charge is 0.353 e. The summed E-state index contributed by atoms with van der Waals surface area (Å²) in [5, 5.41) is 27.9. The molecular weight excluding hydrogens is 428 g/mol. The van der Waals surface area contributed by atoms with Crippen molar-refractivity contribution in [2.45, 2.75) is 50.6 Å². The topological polar surface area (TPSA) is 148 Å². The highest BCUT2D eigenvalue weighted by Gasteiger charge is 2.60. The van der Waals surface area contributed by atoms with Crippen molar-refractivity contribution in [1.29, 1.82) is 5.41 Å². The van der Waals surface area contributed by atoms with E-state index in [9.17, 15) is 24.6 Å². The molecule has 1 unspecified atom stereocenters. The Morgan fingerprint density at radius 1 is 1.40 bits per heavy atom. The molecule has 3 aliphatic heterocycles. The van der Waals surface area contributed by atoms with E-state index in [2.05, 4.69) is 0 Å². The van der Waals surface area contributed by atoms with Gasteiger partial charge in [-0.05, 0) is 20.3 Å². The zero-order valence-electron chi connectivity index (χ0n) is 17.2. The van der Waals surface area contributed by atoms with Gasteiger partial charge in [0.25, 0.3) is 0 Å². The Morgan fingerprint density at radius 3 is 2.60 bits per heavy atom. The lowest BCUT2D eigenvalue weighted by Crippen LogP contribution is -2.63. The van der Waals surface area contributed by atoms with Gasteiger partial charge in [-0.3, -0.25) is 15.0 Å². The summed E-state index contributed by atoms with van der Waals surface area (Å²) in [6, 6.07) is -0.256. The number of β-lactam (4-membered cyclic amide) rings is 1. The molecule has 0 radical (unpaired) electrons. The number of aliphatic hydroxyl groups excluding tert-OH is 1. The van der Waals surface area contributed by atoms with E-state index >= 15 is 0 Å². The van der Waals surface area contributed by atoms with Gasteiger partial charge in [-0.1, -0.05) is 6.92 Å². The number of carboxylic acids is 1. The SMILES string of the molecule is CC(=N)N1C[C@@H](SC2=C(C(=O)O)N3C(=O)[C@H]([C@@H](C)O)C3[C@H]2C)C[C@H]1CSCC(N)=O. The predicted molar refractivity (Wildman–Crippen MR) is 116 cm³/mol. The first-order valence-electron chi connectivity index (χ1n) is 9.87. The second-order valence-electron chi connectivity index (χ2n) is 8.12. The Bertz CT molecular complexity index is 802. The van der Waals surface area contributed by atoms with Crippen LogP contribution in [0.1, 0.15) is 27.2 Å². The van der Waals surface area contributed by atoms with Gasteiger partial charge in [0.2, 0.25) is 11.8 Å². The second-order valence-corrected chi connectivity index (χ2v) is 10.5. The predicted octanol–water partition coefficient (Wildman–Crippen LogP) is 0.532. The third kappa shape index (κ3) is 4.06. The fourth-order valence-electron chi connectivity index (χ4n) is 4.68. The number of primary amides is 1. The van der Waals surface area contributed by atoms with Gasteiger partial charge >= 0.3 is 5.97 Å². The summed E-state index contributed by atoms with van der Waals surface area (Å²) in [5.41, 5.74) is 5.24. The van der Waals surface area contributed by atoms with E-state index in [1.54, 1.807) is 13.8 Å². The lowest BCUT2D eigenvalue weighted by Gasteiger charge is -2.46. The minimum absolute atomic E-state index is 0.0316. The Kier molecular flexibility index (Phi) is 6.73. The normalized spacial score (nSPS) is 31.6. The number of likely N-dealkylation sites (tertiary alicyclic amines) is 1. The van der Waals surface area contributed by atoms with Crippen molar-refractivity contribution in [2.75, 3.05) is 18.1 Å². The van der Waals surface area contributed by atoms with Crippen molar-refractivity contribution in [1.82, 2.24) is 9.80 Å². The Hall–Kier alpha value is -1.72. The third-order valence-electron chi connectivity index (χ3n) is 5.97. The molecule has 11 heteroatoms. The number of rotatable bonds is 8. The number of carbonyl (C=O) groups excluding carboxylic acids is 2. The molecule has 9 nitrogen and oxygen atoms in total. The maximum atomic E-state index is 12.5. The number of thioether (sulfide) groups is 2. The van der Waals surface area contributed by atoms with Gasteiger partial charge in [0, 0.05) is 34.4 Å². The van der Waals surface area contributed by atoms with Crippen LogP contribution in [0.3, 0.4) is 0 Å². The fraction of sp³-hybridized carbons (Fsp3) is 0.684. The highest BCUT2D eigenvalue weighted by Crippen LogP contribution is 2.52. The highest BCUT2D eigenvalue weighted by molar-refractivity contribution is 8.03. The van der Waals surface area contributed by atoms with Gasteiger partial charge in [-0.25, -0.2) is 4.79 Å². The van der Waals surface area contributed by atoms with E-state index in [0.29, 0.717) is 23.0 Å². The number of nitrogens with two attached hydrogens (primary N) is 1. The largest absolute Gasteiger partial charge is 0.477 e. The number of aliphatic hydroxyl groups is 1. The van der Waals surface area contributed by atoms with Crippen molar-refractivity contribution in [2.24, 2.45) is 17.6 Å². The minimum Gasteiger partial charge on any atom is -0.477 e. The number of amidine groups is 1. The molecule has 0 spiro atoms. The van der Waals surface area contributed by atoms with E-state index in [1.807, 2.05) is 11.8 Å². The lowest BCUT2D eigenvalue weighted by molar-refractivity contribution is -0.163. The number of fused-ring (bicyclic) bond motifs is 1. The van der Waals surface area contributed by atoms with Gasteiger partial charge in [-0.15, -0.1) is 23.5 Å². The first kappa shape index (κ1) is 23.0.